The van der Waals surface area contributed by atoms with Gasteiger partial charge in [-0.25, -0.2) is 4.79 Å². The van der Waals surface area contributed by atoms with Crippen LogP contribution in [0.1, 0.15) is 38.1 Å². The van der Waals surface area contributed by atoms with Gasteiger partial charge >= 0.3 is 5.97 Å². The van der Waals surface area contributed by atoms with E-state index in [-0.39, 0.29) is 21.5 Å². The Kier molecular flexibility index (Phi) is 6.43. The molecule has 0 saturated carbocycles. The number of ether oxygens (including phenoxy) is 1. The number of rotatable bonds is 5. The van der Waals surface area contributed by atoms with E-state index >= 15 is 0 Å². The fraction of sp³-hybridized carbons (Fsp3) is 0.600. The van der Waals surface area contributed by atoms with Crippen molar-refractivity contribution in [1.82, 2.24) is 0 Å². The van der Waals surface area contributed by atoms with E-state index in [9.17, 15) is 9.59 Å². The molecule has 0 fully saturated rings. The summed E-state index contributed by atoms with van der Waals surface area (Å²) < 4.78 is 10.7. The summed E-state index contributed by atoms with van der Waals surface area (Å²) in [5.74, 6) is -0.886. The molecule has 8 heteroatoms. The first-order valence-electron chi connectivity index (χ1n) is 7.24. The van der Waals surface area contributed by atoms with Crippen LogP contribution in [0.5, 0.6) is 0 Å². The van der Waals surface area contributed by atoms with E-state index in [0.717, 1.165) is 0 Å². The largest absolute Gasteiger partial charge is 0.465 e. The van der Waals surface area contributed by atoms with Crippen LogP contribution in [-0.2, 0) is 14.0 Å². The number of nitrogens with one attached hydrogen (secondary N) is 1. The molecular formula is C15H24ClNO4SSi. The van der Waals surface area contributed by atoms with E-state index in [2.05, 4.69) is 39.2 Å². The second kappa shape index (κ2) is 7.34. The number of thiophene rings is 1. The smallest absolute Gasteiger partial charge is 0.342 e. The third kappa shape index (κ3) is 4.79. The van der Waals surface area contributed by atoms with Crippen molar-refractivity contribution in [3.8, 4) is 0 Å². The molecule has 0 aliphatic heterocycles. The third-order valence-electron chi connectivity index (χ3n) is 4.02. The lowest BCUT2D eigenvalue weighted by Gasteiger charge is -2.37. The highest BCUT2D eigenvalue weighted by atomic mass is 35.5. The number of hydrogen-bond donors (Lipinski definition) is 1. The molecule has 0 aliphatic carbocycles. The molecule has 0 bridgehead atoms. The van der Waals surface area contributed by atoms with Gasteiger partial charge in [-0.3, -0.25) is 4.79 Å². The number of esters is 1. The molecule has 1 unspecified atom stereocenters. The molecule has 0 saturated heterocycles. The van der Waals surface area contributed by atoms with Crippen LogP contribution >= 0.6 is 22.9 Å². The van der Waals surface area contributed by atoms with Crippen molar-refractivity contribution in [3.63, 3.8) is 0 Å². The molecule has 0 aromatic carbocycles. The summed E-state index contributed by atoms with van der Waals surface area (Å²) in [5, 5.41) is 4.94. The molecule has 1 atom stereocenters. The summed E-state index contributed by atoms with van der Waals surface area (Å²) in [4.78, 5) is 24.1. The normalized spacial score (nSPS) is 13.6. The first-order valence-corrected chi connectivity index (χ1v) is 11.4. The van der Waals surface area contributed by atoms with Crippen LogP contribution < -0.4 is 5.32 Å². The maximum atomic E-state index is 12.4. The van der Waals surface area contributed by atoms with Gasteiger partial charge in [-0.05, 0) is 25.1 Å². The number of halogens is 1. The summed E-state index contributed by atoms with van der Waals surface area (Å²) >= 11 is 7.16. The fourth-order valence-corrected chi connectivity index (χ4v) is 4.12. The van der Waals surface area contributed by atoms with Crippen molar-refractivity contribution in [2.45, 2.75) is 51.9 Å². The Morgan fingerprint density at radius 3 is 2.39 bits per heavy atom. The number of methoxy groups -OCH3 is 1. The molecular weight excluding hydrogens is 354 g/mol. The van der Waals surface area contributed by atoms with Crippen LogP contribution in [0.25, 0.3) is 0 Å². The Hall–Kier alpha value is -0.893. The van der Waals surface area contributed by atoms with Crippen LogP contribution in [0.3, 0.4) is 0 Å². The summed E-state index contributed by atoms with van der Waals surface area (Å²) in [6, 6.07) is 0. The summed E-state index contributed by atoms with van der Waals surface area (Å²) in [6.07, 6.45) is -0.623. The van der Waals surface area contributed by atoms with Crippen molar-refractivity contribution >= 4 is 48.1 Å². The van der Waals surface area contributed by atoms with Crippen LogP contribution in [-0.4, -0.2) is 33.4 Å². The molecule has 1 amide bonds. The Balaban J connectivity index is 2.87. The lowest BCUT2D eigenvalue weighted by molar-refractivity contribution is -0.122. The van der Waals surface area contributed by atoms with Crippen LogP contribution in [0.4, 0.5) is 5.00 Å². The van der Waals surface area contributed by atoms with Gasteiger partial charge in [0.2, 0.25) is 0 Å². The highest BCUT2D eigenvalue weighted by molar-refractivity contribution is 7.15. The van der Waals surface area contributed by atoms with Gasteiger partial charge in [0.25, 0.3) is 5.91 Å². The third-order valence-corrected chi connectivity index (χ3v) is 9.90. The predicted molar refractivity (Wildman–Crippen MR) is 97.0 cm³/mol. The van der Waals surface area contributed by atoms with Crippen LogP contribution in [0.2, 0.25) is 23.2 Å². The van der Waals surface area contributed by atoms with E-state index < -0.39 is 20.4 Å². The second-order valence-electron chi connectivity index (χ2n) is 6.79. The first kappa shape index (κ1) is 20.2. The van der Waals surface area contributed by atoms with E-state index in [0.29, 0.717) is 5.00 Å². The number of hydrogen-bond acceptors (Lipinski definition) is 5. The van der Waals surface area contributed by atoms with Crippen molar-refractivity contribution in [3.05, 3.63) is 16.0 Å². The van der Waals surface area contributed by atoms with Crippen molar-refractivity contribution in [1.29, 1.82) is 0 Å². The monoisotopic (exact) mass is 377 g/mol. The van der Waals surface area contributed by atoms with Gasteiger partial charge in [-0.1, -0.05) is 32.4 Å². The molecule has 0 spiro atoms. The molecule has 1 aromatic rings. The van der Waals surface area contributed by atoms with Crippen molar-refractivity contribution < 1.29 is 18.8 Å². The second-order valence-corrected chi connectivity index (χ2v) is 12.8. The molecule has 1 N–H and O–H groups in total. The lowest BCUT2D eigenvalue weighted by Crippen LogP contribution is -2.46. The van der Waals surface area contributed by atoms with Gasteiger partial charge in [0.15, 0.2) is 8.32 Å². The summed E-state index contributed by atoms with van der Waals surface area (Å²) in [7, 11) is -0.791. The van der Waals surface area contributed by atoms with E-state index in [1.165, 1.54) is 18.4 Å². The number of anilines is 1. The SMILES string of the molecule is COC(=O)c1c(Cl)csc1NC(=O)C(C)O[Si](C)(C)C(C)(C)C. The molecule has 5 nitrogen and oxygen atoms in total. The highest BCUT2D eigenvalue weighted by Crippen LogP contribution is 2.37. The minimum Gasteiger partial charge on any atom is -0.465 e. The molecule has 0 aliphatic rings. The van der Waals surface area contributed by atoms with Gasteiger partial charge in [0.1, 0.15) is 16.7 Å². The first-order chi connectivity index (χ1) is 10.4. The Bertz CT molecular complexity index is 595. The minimum atomic E-state index is -2.06. The molecule has 1 heterocycles. The molecule has 1 rings (SSSR count). The standard InChI is InChI=1S/C15H24ClNO4SSi/c1-9(21-23(6,7)15(2,3)4)12(18)17-13-11(14(19)20-5)10(16)8-22-13/h8-9H,1-7H3,(H,17,18). The van der Waals surface area contributed by atoms with Crippen LogP contribution in [0, 0.1) is 0 Å². The van der Waals surface area contributed by atoms with Gasteiger partial charge in [0.05, 0.1) is 12.1 Å². The summed E-state index contributed by atoms with van der Waals surface area (Å²) in [6.45, 7) is 12.2. The fourth-order valence-electron chi connectivity index (χ4n) is 1.61. The van der Waals surface area contributed by atoms with Crippen LogP contribution in [0.15, 0.2) is 5.38 Å². The average molecular weight is 378 g/mol. The summed E-state index contributed by atoms with van der Waals surface area (Å²) in [5.41, 5.74) is 0.173. The van der Waals surface area contributed by atoms with Gasteiger partial charge in [-0.2, -0.15) is 0 Å². The molecule has 1 aromatic heterocycles. The quantitative estimate of drug-likeness (QED) is 0.604. The van der Waals surface area contributed by atoms with Gasteiger partial charge in [-0.15, -0.1) is 11.3 Å². The minimum absolute atomic E-state index is 0.00492. The lowest BCUT2D eigenvalue weighted by atomic mass is 10.2. The van der Waals surface area contributed by atoms with Gasteiger partial charge in [0, 0.05) is 5.38 Å². The Labute approximate surface area is 147 Å². The number of amides is 1. The molecule has 130 valence electrons. The number of carbonyl (C=O) groups excluding carboxylic acids is 2. The maximum Gasteiger partial charge on any atom is 0.342 e. The zero-order valence-electron chi connectivity index (χ0n) is 14.6. The zero-order valence-corrected chi connectivity index (χ0v) is 17.1. The van der Waals surface area contributed by atoms with E-state index in [4.69, 9.17) is 20.8 Å². The topological polar surface area (TPSA) is 64.6 Å². The average Bonchev–Trinajstić information content (AvgIpc) is 2.77. The highest BCUT2D eigenvalue weighted by Gasteiger charge is 2.39. The number of carbonyl (C=O) groups is 2. The zero-order chi connectivity index (χ0) is 18.0. The van der Waals surface area contributed by atoms with Crippen molar-refractivity contribution in [2.75, 3.05) is 12.4 Å². The predicted octanol–water partition coefficient (Wildman–Crippen LogP) is 4.54. The van der Waals surface area contributed by atoms with E-state index in [1.54, 1.807) is 12.3 Å². The van der Waals surface area contributed by atoms with Gasteiger partial charge < -0.3 is 14.5 Å². The Morgan fingerprint density at radius 2 is 1.91 bits per heavy atom. The molecule has 23 heavy (non-hydrogen) atoms. The van der Waals surface area contributed by atoms with Crippen molar-refractivity contribution in [2.24, 2.45) is 0 Å². The Morgan fingerprint density at radius 1 is 1.35 bits per heavy atom. The van der Waals surface area contributed by atoms with E-state index in [1.807, 2.05) is 0 Å². The molecule has 0 radical (unpaired) electrons. The maximum absolute atomic E-state index is 12.4.